The number of amides is 1. The van der Waals surface area contributed by atoms with Gasteiger partial charge in [0, 0.05) is 21.2 Å². The SMILES string of the molecule is COc1cc(C(=O)NCC(C)=O)ccc1OCc1ccc(Cl)cc1Cl. The molecule has 1 N–H and O–H groups in total. The van der Waals surface area contributed by atoms with Crippen molar-refractivity contribution >= 4 is 34.9 Å². The van der Waals surface area contributed by atoms with Gasteiger partial charge in [0.1, 0.15) is 12.4 Å². The number of halogens is 2. The predicted octanol–water partition coefficient (Wildman–Crippen LogP) is 3.90. The molecule has 0 aliphatic heterocycles. The zero-order valence-corrected chi connectivity index (χ0v) is 15.3. The van der Waals surface area contributed by atoms with Crippen LogP contribution in [0.1, 0.15) is 22.8 Å². The molecule has 0 radical (unpaired) electrons. The number of hydrogen-bond donors (Lipinski definition) is 1. The summed E-state index contributed by atoms with van der Waals surface area (Å²) in [5.41, 5.74) is 1.14. The molecule has 7 heteroatoms. The lowest BCUT2D eigenvalue weighted by molar-refractivity contribution is -0.116. The van der Waals surface area contributed by atoms with E-state index in [1.807, 2.05) is 0 Å². The van der Waals surface area contributed by atoms with Crippen LogP contribution in [0.4, 0.5) is 0 Å². The molecular formula is C18H17Cl2NO4. The van der Waals surface area contributed by atoms with Crippen LogP contribution in [0.15, 0.2) is 36.4 Å². The summed E-state index contributed by atoms with van der Waals surface area (Å²) in [6, 6.07) is 9.92. The quantitative estimate of drug-likeness (QED) is 0.789. The van der Waals surface area contributed by atoms with Gasteiger partial charge in [-0.05, 0) is 37.3 Å². The van der Waals surface area contributed by atoms with Gasteiger partial charge in [-0.25, -0.2) is 0 Å². The van der Waals surface area contributed by atoms with Crippen LogP contribution in [0.5, 0.6) is 11.5 Å². The first-order valence-corrected chi connectivity index (χ1v) is 8.18. The minimum Gasteiger partial charge on any atom is -0.493 e. The van der Waals surface area contributed by atoms with Crippen molar-refractivity contribution in [3.63, 3.8) is 0 Å². The lowest BCUT2D eigenvalue weighted by Gasteiger charge is -2.13. The van der Waals surface area contributed by atoms with E-state index in [2.05, 4.69) is 5.32 Å². The van der Waals surface area contributed by atoms with E-state index in [-0.39, 0.29) is 24.8 Å². The molecule has 0 aliphatic carbocycles. The Morgan fingerprint density at radius 1 is 1.08 bits per heavy atom. The Kier molecular flexibility index (Phi) is 6.67. The van der Waals surface area contributed by atoms with E-state index in [0.717, 1.165) is 5.56 Å². The number of rotatable bonds is 7. The molecule has 132 valence electrons. The molecule has 0 spiro atoms. The zero-order valence-electron chi connectivity index (χ0n) is 13.8. The summed E-state index contributed by atoms with van der Waals surface area (Å²) in [5, 5.41) is 3.58. The summed E-state index contributed by atoms with van der Waals surface area (Å²) in [7, 11) is 1.48. The van der Waals surface area contributed by atoms with E-state index in [0.29, 0.717) is 27.1 Å². The van der Waals surface area contributed by atoms with E-state index in [4.69, 9.17) is 32.7 Å². The molecule has 0 atom stereocenters. The second kappa shape index (κ2) is 8.74. The number of nitrogens with one attached hydrogen (secondary N) is 1. The topological polar surface area (TPSA) is 64.6 Å². The molecule has 25 heavy (non-hydrogen) atoms. The van der Waals surface area contributed by atoms with Gasteiger partial charge in [0.15, 0.2) is 11.5 Å². The summed E-state index contributed by atoms with van der Waals surface area (Å²) < 4.78 is 11.0. The highest BCUT2D eigenvalue weighted by atomic mass is 35.5. The minimum atomic E-state index is -0.360. The Morgan fingerprint density at radius 2 is 1.84 bits per heavy atom. The zero-order chi connectivity index (χ0) is 18.4. The van der Waals surface area contributed by atoms with Crippen LogP contribution in [0, 0.1) is 0 Å². The average molecular weight is 382 g/mol. The summed E-state index contributed by atoms with van der Waals surface area (Å²) >= 11 is 12.0. The molecule has 0 aliphatic rings. The molecule has 0 unspecified atom stereocenters. The first kappa shape index (κ1) is 19.1. The van der Waals surface area contributed by atoms with Gasteiger partial charge < -0.3 is 14.8 Å². The molecule has 5 nitrogen and oxygen atoms in total. The van der Waals surface area contributed by atoms with Gasteiger partial charge in [-0.1, -0.05) is 29.3 Å². The average Bonchev–Trinajstić information content (AvgIpc) is 2.58. The van der Waals surface area contributed by atoms with Gasteiger partial charge in [-0.3, -0.25) is 9.59 Å². The molecule has 0 saturated heterocycles. The van der Waals surface area contributed by atoms with Crippen molar-refractivity contribution in [1.29, 1.82) is 0 Å². The van der Waals surface area contributed by atoms with E-state index in [9.17, 15) is 9.59 Å². The second-order valence-electron chi connectivity index (χ2n) is 5.27. The van der Waals surface area contributed by atoms with Crippen LogP contribution in [-0.4, -0.2) is 25.3 Å². The van der Waals surface area contributed by atoms with Crippen LogP contribution in [0.2, 0.25) is 10.0 Å². The molecule has 0 fully saturated rings. The van der Waals surface area contributed by atoms with Crippen LogP contribution in [-0.2, 0) is 11.4 Å². The van der Waals surface area contributed by atoms with Gasteiger partial charge in [0.25, 0.3) is 5.91 Å². The molecule has 2 rings (SSSR count). The maximum atomic E-state index is 12.0. The van der Waals surface area contributed by atoms with Crippen LogP contribution >= 0.6 is 23.2 Å². The predicted molar refractivity (Wildman–Crippen MR) is 96.8 cm³/mol. The molecule has 0 aromatic heterocycles. The normalized spacial score (nSPS) is 10.2. The third kappa shape index (κ3) is 5.37. The van der Waals surface area contributed by atoms with Crippen molar-refractivity contribution in [2.75, 3.05) is 13.7 Å². The smallest absolute Gasteiger partial charge is 0.251 e. The van der Waals surface area contributed by atoms with E-state index in [1.165, 1.54) is 14.0 Å². The summed E-state index contributed by atoms with van der Waals surface area (Å²) in [6.07, 6.45) is 0. The number of ketones is 1. The fourth-order valence-electron chi connectivity index (χ4n) is 2.03. The number of ether oxygens (including phenoxy) is 2. The largest absolute Gasteiger partial charge is 0.493 e. The number of benzene rings is 2. The molecule has 0 saturated carbocycles. The number of hydrogen-bond acceptors (Lipinski definition) is 4. The molecule has 2 aromatic rings. The van der Waals surface area contributed by atoms with Gasteiger partial charge in [-0.15, -0.1) is 0 Å². The standard InChI is InChI=1S/C18H17Cl2NO4/c1-11(22)9-21-18(23)12-4-6-16(17(7-12)24-2)25-10-13-3-5-14(19)8-15(13)20/h3-8H,9-10H2,1-2H3,(H,21,23). The summed E-state index contributed by atoms with van der Waals surface area (Å²) in [5.74, 6) is 0.387. The lowest BCUT2D eigenvalue weighted by Crippen LogP contribution is -2.28. The van der Waals surface area contributed by atoms with Crippen molar-refractivity contribution in [3.05, 3.63) is 57.6 Å². The molecule has 1 amide bonds. The Morgan fingerprint density at radius 3 is 2.48 bits per heavy atom. The fraction of sp³-hybridized carbons (Fsp3) is 0.222. The maximum absolute atomic E-state index is 12.0. The van der Waals surface area contributed by atoms with E-state index in [1.54, 1.807) is 36.4 Å². The number of methoxy groups -OCH3 is 1. The third-order valence-electron chi connectivity index (χ3n) is 3.32. The van der Waals surface area contributed by atoms with Crippen molar-refractivity contribution < 1.29 is 19.1 Å². The van der Waals surface area contributed by atoms with Crippen molar-refractivity contribution in [2.24, 2.45) is 0 Å². The van der Waals surface area contributed by atoms with Crippen LogP contribution < -0.4 is 14.8 Å². The first-order valence-electron chi connectivity index (χ1n) is 7.43. The van der Waals surface area contributed by atoms with E-state index >= 15 is 0 Å². The van der Waals surface area contributed by atoms with Crippen molar-refractivity contribution in [3.8, 4) is 11.5 Å². The molecule has 2 aromatic carbocycles. The van der Waals surface area contributed by atoms with Crippen LogP contribution in [0.25, 0.3) is 0 Å². The van der Waals surface area contributed by atoms with Gasteiger partial charge in [0.2, 0.25) is 0 Å². The maximum Gasteiger partial charge on any atom is 0.251 e. The molecule has 0 heterocycles. The highest BCUT2D eigenvalue weighted by Gasteiger charge is 2.12. The molecule has 0 bridgehead atoms. The highest BCUT2D eigenvalue weighted by molar-refractivity contribution is 6.35. The first-order chi connectivity index (χ1) is 11.9. The summed E-state index contributed by atoms with van der Waals surface area (Å²) in [4.78, 5) is 22.9. The van der Waals surface area contributed by atoms with E-state index < -0.39 is 0 Å². The van der Waals surface area contributed by atoms with Gasteiger partial charge in [-0.2, -0.15) is 0 Å². The monoisotopic (exact) mass is 381 g/mol. The highest BCUT2D eigenvalue weighted by Crippen LogP contribution is 2.30. The van der Waals surface area contributed by atoms with Crippen molar-refractivity contribution in [2.45, 2.75) is 13.5 Å². The Balaban J connectivity index is 2.10. The van der Waals surface area contributed by atoms with Gasteiger partial charge in [0.05, 0.1) is 13.7 Å². The number of carbonyl (C=O) groups excluding carboxylic acids is 2. The van der Waals surface area contributed by atoms with Crippen molar-refractivity contribution in [1.82, 2.24) is 5.32 Å². The molecular weight excluding hydrogens is 365 g/mol. The number of Topliss-reactive ketones (excluding diaryl/α,β-unsaturated/α-hetero) is 1. The minimum absolute atomic E-state index is 0.0194. The Bertz CT molecular complexity index is 793. The lowest BCUT2D eigenvalue weighted by atomic mass is 10.2. The second-order valence-corrected chi connectivity index (χ2v) is 6.12. The van der Waals surface area contributed by atoms with Gasteiger partial charge >= 0.3 is 0 Å². The fourth-order valence-corrected chi connectivity index (χ4v) is 2.49. The number of carbonyl (C=O) groups is 2. The Labute approximate surface area is 155 Å². The third-order valence-corrected chi connectivity index (χ3v) is 3.91. The Hall–Kier alpha value is -2.24. The van der Waals surface area contributed by atoms with Crippen LogP contribution in [0.3, 0.4) is 0 Å². The summed E-state index contributed by atoms with van der Waals surface area (Å²) in [6.45, 7) is 1.61.